The molecule has 0 unspecified atom stereocenters. The van der Waals surface area contributed by atoms with E-state index in [4.69, 9.17) is 26.4 Å². The van der Waals surface area contributed by atoms with Gasteiger partial charge < -0.3 is 25.0 Å². The molecule has 0 saturated carbocycles. The summed E-state index contributed by atoms with van der Waals surface area (Å²) in [6.45, 7) is 4.69. The van der Waals surface area contributed by atoms with Crippen molar-refractivity contribution in [2.24, 2.45) is 4.99 Å². The molecule has 0 spiro atoms. The van der Waals surface area contributed by atoms with Crippen LogP contribution < -0.4 is 10.2 Å². The molecule has 31 heavy (non-hydrogen) atoms. The van der Waals surface area contributed by atoms with Crippen molar-refractivity contribution in [1.29, 1.82) is 0 Å². The number of ether oxygens (including phenoxy) is 1. The fraction of sp³-hybridized carbons (Fsp3) is 0.391. The first-order chi connectivity index (χ1) is 15.1. The van der Waals surface area contributed by atoms with Crippen molar-refractivity contribution in [2.45, 2.75) is 18.9 Å². The van der Waals surface area contributed by atoms with Gasteiger partial charge in [0, 0.05) is 38.5 Å². The quantitative estimate of drug-likeness (QED) is 0.541. The van der Waals surface area contributed by atoms with E-state index in [0.29, 0.717) is 6.54 Å². The van der Waals surface area contributed by atoms with Gasteiger partial charge in [-0.25, -0.2) is 4.79 Å². The van der Waals surface area contributed by atoms with Crippen molar-refractivity contribution in [1.82, 2.24) is 4.90 Å². The summed E-state index contributed by atoms with van der Waals surface area (Å²) in [5, 5.41) is 13.3. The van der Waals surface area contributed by atoms with E-state index in [1.54, 1.807) is 24.3 Å². The summed E-state index contributed by atoms with van der Waals surface area (Å²) in [5.74, 6) is -0.146. The number of carbonyl (C=O) groups is 1. The zero-order valence-corrected chi connectivity index (χ0v) is 18.1. The third-order valence-electron chi connectivity index (χ3n) is 5.63. The maximum absolute atomic E-state index is 11.1. The van der Waals surface area contributed by atoms with Gasteiger partial charge in [0.05, 0.1) is 28.9 Å². The summed E-state index contributed by atoms with van der Waals surface area (Å²) in [4.78, 5) is 20.5. The molecule has 1 atom stereocenters. The first kappa shape index (κ1) is 21.5. The average molecular weight is 443 g/mol. The number of aliphatic imine (C=N–C) groups is 1. The number of piperazine rings is 1. The molecule has 164 valence electrons. The molecule has 4 rings (SSSR count). The molecule has 2 aromatic rings. The molecule has 2 aliphatic heterocycles. The minimum atomic E-state index is -0.936. The summed E-state index contributed by atoms with van der Waals surface area (Å²) >= 11 is 6.37. The maximum atomic E-state index is 11.1. The first-order valence-corrected chi connectivity index (χ1v) is 11.0. The molecule has 2 N–H and O–H groups in total. The molecule has 0 aromatic heterocycles. The molecule has 0 bridgehead atoms. The predicted molar refractivity (Wildman–Crippen MR) is 124 cm³/mol. The van der Waals surface area contributed by atoms with Crippen LogP contribution in [0, 0.1) is 0 Å². The Bertz CT molecular complexity index is 921. The lowest BCUT2D eigenvalue weighted by atomic mass is 10.2. The predicted octanol–water partition coefficient (Wildman–Crippen LogP) is 3.81. The van der Waals surface area contributed by atoms with Gasteiger partial charge in [-0.05, 0) is 49.2 Å². The molecule has 7 nitrogen and oxygen atoms in total. The summed E-state index contributed by atoms with van der Waals surface area (Å²) < 4.78 is 5.73. The van der Waals surface area contributed by atoms with Crippen molar-refractivity contribution in [2.75, 3.05) is 49.5 Å². The van der Waals surface area contributed by atoms with E-state index >= 15 is 0 Å². The van der Waals surface area contributed by atoms with E-state index in [0.717, 1.165) is 68.0 Å². The number of halogens is 1. The number of anilines is 2. The lowest BCUT2D eigenvalue weighted by molar-refractivity contribution is 0.0697. The zero-order valence-electron chi connectivity index (χ0n) is 17.3. The maximum Gasteiger partial charge on any atom is 0.335 e. The van der Waals surface area contributed by atoms with Gasteiger partial charge in [-0.2, -0.15) is 0 Å². The number of aromatic carboxylic acids is 1. The molecule has 2 heterocycles. The van der Waals surface area contributed by atoms with E-state index < -0.39 is 5.97 Å². The minimum absolute atomic E-state index is 0.163. The zero-order chi connectivity index (χ0) is 21.6. The summed E-state index contributed by atoms with van der Waals surface area (Å²) in [6.07, 6.45) is 2.27. The van der Waals surface area contributed by atoms with Crippen LogP contribution in [-0.2, 0) is 4.74 Å². The van der Waals surface area contributed by atoms with Crippen molar-refractivity contribution >= 4 is 34.9 Å². The molecule has 2 saturated heterocycles. The molecule has 2 fully saturated rings. The topological polar surface area (TPSA) is 77.4 Å². The number of guanidine groups is 1. The van der Waals surface area contributed by atoms with Gasteiger partial charge in [-0.1, -0.05) is 23.7 Å². The standard InChI is InChI=1S/C23H27ClN4O3/c24-20-5-1-2-6-21(20)27-11-13-28(14-12-27)23(25-16-19-4-3-15-31-19)26-18-9-7-17(8-10-18)22(29)30/h1-2,5-10,19H,3-4,11-16H2,(H,25,26)(H,29,30)/t19-/m0/s1. The Morgan fingerprint density at radius 1 is 1.13 bits per heavy atom. The highest BCUT2D eigenvalue weighted by molar-refractivity contribution is 6.33. The highest BCUT2D eigenvalue weighted by Gasteiger charge is 2.22. The van der Waals surface area contributed by atoms with Gasteiger partial charge in [0.15, 0.2) is 5.96 Å². The second kappa shape index (κ2) is 10.0. The van der Waals surface area contributed by atoms with E-state index in [9.17, 15) is 4.79 Å². The molecule has 0 radical (unpaired) electrons. The number of nitrogens with zero attached hydrogens (tertiary/aromatic N) is 3. The van der Waals surface area contributed by atoms with Crippen LogP contribution in [0.2, 0.25) is 5.02 Å². The molecule has 8 heteroatoms. The Morgan fingerprint density at radius 2 is 1.87 bits per heavy atom. The number of nitrogens with one attached hydrogen (secondary N) is 1. The second-order valence-corrected chi connectivity index (χ2v) is 8.14. The Labute approximate surface area is 187 Å². The molecular weight excluding hydrogens is 416 g/mol. The van der Waals surface area contributed by atoms with Crippen molar-refractivity contribution in [3.63, 3.8) is 0 Å². The van der Waals surface area contributed by atoms with Crippen LogP contribution >= 0.6 is 11.6 Å². The summed E-state index contributed by atoms with van der Waals surface area (Å²) in [6, 6.07) is 14.6. The third-order valence-corrected chi connectivity index (χ3v) is 5.95. The van der Waals surface area contributed by atoms with Crippen LogP contribution in [0.1, 0.15) is 23.2 Å². The third kappa shape index (κ3) is 5.48. The largest absolute Gasteiger partial charge is 0.478 e. The number of rotatable bonds is 5. The lowest BCUT2D eigenvalue weighted by Crippen LogP contribution is -2.51. The number of para-hydroxylation sites is 1. The first-order valence-electron chi connectivity index (χ1n) is 10.6. The highest BCUT2D eigenvalue weighted by Crippen LogP contribution is 2.26. The minimum Gasteiger partial charge on any atom is -0.478 e. The molecule has 2 aromatic carbocycles. The average Bonchev–Trinajstić information content (AvgIpc) is 3.31. The van der Waals surface area contributed by atoms with Gasteiger partial charge in [0.1, 0.15) is 0 Å². The Hall–Kier alpha value is -2.77. The lowest BCUT2D eigenvalue weighted by Gasteiger charge is -2.38. The Kier molecular flexibility index (Phi) is 6.94. The van der Waals surface area contributed by atoms with Crippen molar-refractivity contribution in [3.05, 3.63) is 59.1 Å². The van der Waals surface area contributed by atoms with Crippen molar-refractivity contribution < 1.29 is 14.6 Å². The Balaban J connectivity index is 1.45. The molecular formula is C23H27ClN4O3. The van der Waals surface area contributed by atoms with Crippen LogP contribution in [-0.4, -0.2) is 67.4 Å². The van der Waals surface area contributed by atoms with Crippen LogP contribution in [0.3, 0.4) is 0 Å². The van der Waals surface area contributed by atoms with E-state index in [1.165, 1.54) is 0 Å². The number of benzene rings is 2. The van der Waals surface area contributed by atoms with Crippen molar-refractivity contribution in [3.8, 4) is 0 Å². The number of carboxylic acid groups (broad SMARTS) is 1. The summed E-state index contributed by atoms with van der Waals surface area (Å²) in [5.41, 5.74) is 2.13. The van der Waals surface area contributed by atoms with Crippen LogP contribution in [0.15, 0.2) is 53.5 Å². The van der Waals surface area contributed by atoms with Crippen LogP contribution in [0.25, 0.3) is 0 Å². The Morgan fingerprint density at radius 3 is 2.52 bits per heavy atom. The van der Waals surface area contributed by atoms with Gasteiger partial charge in [-0.3, -0.25) is 4.99 Å². The molecule has 0 aliphatic carbocycles. The van der Waals surface area contributed by atoms with E-state index in [-0.39, 0.29) is 11.7 Å². The SMILES string of the molecule is O=C(O)c1ccc(NC(=NC[C@@H]2CCCO2)N2CCN(c3ccccc3Cl)CC2)cc1. The van der Waals surface area contributed by atoms with Gasteiger partial charge >= 0.3 is 5.97 Å². The number of carboxylic acids is 1. The van der Waals surface area contributed by atoms with E-state index in [2.05, 4.69) is 15.1 Å². The van der Waals surface area contributed by atoms with E-state index in [1.807, 2.05) is 24.3 Å². The fourth-order valence-electron chi connectivity index (χ4n) is 3.89. The summed E-state index contributed by atoms with van der Waals surface area (Å²) in [7, 11) is 0. The number of hydrogen-bond donors (Lipinski definition) is 2. The fourth-order valence-corrected chi connectivity index (χ4v) is 4.14. The highest BCUT2D eigenvalue weighted by atomic mass is 35.5. The van der Waals surface area contributed by atoms with Gasteiger partial charge in [0.25, 0.3) is 0 Å². The van der Waals surface area contributed by atoms with Crippen LogP contribution in [0.5, 0.6) is 0 Å². The number of hydrogen-bond acceptors (Lipinski definition) is 4. The molecule has 2 aliphatic rings. The second-order valence-electron chi connectivity index (χ2n) is 7.73. The molecule has 0 amide bonds. The smallest absolute Gasteiger partial charge is 0.335 e. The normalized spacial score (nSPS) is 19.5. The van der Waals surface area contributed by atoms with Gasteiger partial charge in [-0.15, -0.1) is 0 Å². The monoisotopic (exact) mass is 442 g/mol. The van der Waals surface area contributed by atoms with Gasteiger partial charge in [0.2, 0.25) is 0 Å². The van der Waals surface area contributed by atoms with Crippen LogP contribution in [0.4, 0.5) is 11.4 Å².